The third-order valence-electron chi connectivity index (χ3n) is 4.91. The van der Waals surface area contributed by atoms with Crippen LogP contribution in [0.3, 0.4) is 0 Å². The molecule has 1 aromatic heterocycles. The minimum Gasteiger partial charge on any atom is -0.497 e. The zero-order valence-corrected chi connectivity index (χ0v) is 15.6. The molecular weight excluding hydrogens is 336 g/mol. The lowest BCUT2D eigenvalue weighted by molar-refractivity contribution is 0.301. The van der Waals surface area contributed by atoms with Crippen LogP contribution in [-0.4, -0.2) is 18.6 Å². The van der Waals surface area contributed by atoms with Crippen molar-refractivity contribution in [1.29, 1.82) is 0 Å². The Labute approximate surface area is 160 Å². The fourth-order valence-corrected chi connectivity index (χ4v) is 3.50. The topological polar surface area (TPSA) is 34.6 Å². The second-order valence-electron chi connectivity index (χ2n) is 6.76. The number of methoxy groups -OCH3 is 1. The maximum Gasteiger partial charge on any atom is 0.135 e. The summed E-state index contributed by atoms with van der Waals surface area (Å²) in [5, 5.41) is 0. The molecule has 0 bridgehead atoms. The van der Waals surface area contributed by atoms with E-state index >= 15 is 0 Å². The van der Waals surface area contributed by atoms with E-state index in [2.05, 4.69) is 34.1 Å². The van der Waals surface area contributed by atoms with Crippen LogP contribution < -0.4 is 14.4 Å². The molecule has 0 N–H and O–H groups in total. The van der Waals surface area contributed by atoms with Crippen molar-refractivity contribution >= 4 is 5.82 Å². The Morgan fingerprint density at radius 1 is 0.963 bits per heavy atom. The van der Waals surface area contributed by atoms with Crippen LogP contribution in [0.25, 0.3) is 0 Å². The number of anilines is 1. The van der Waals surface area contributed by atoms with Gasteiger partial charge in [0, 0.05) is 24.8 Å². The van der Waals surface area contributed by atoms with Crippen molar-refractivity contribution in [3.8, 4) is 11.5 Å². The molecule has 4 heteroatoms. The van der Waals surface area contributed by atoms with Crippen molar-refractivity contribution in [1.82, 2.24) is 4.98 Å². The summed E-state index contributed by atoms with van der Waals surface area (Å²) in [6.45, 7) is 2.43. The van der Waals surface area contributed by atoms with Gasteiger partial charge in [0.15, 0.2) is 0 Å². The Morgan fingerprint density at radius 3 is 2.56 bits per heavy atom. The van der Waals surface area contributed by atoms with E-state index in [1.807, 2.05) is 42.6 Å². The number of benzene rings is 2. The summed E-state index contributed by atoms with van der Waals surface area (Å²) < 4.78 is 11.4. The second kappa shape index (κ2) is 8.12. The van der Waals surface area contributed by atoms with Gasteiger partial charge in [0.2, 0.25) is 0 Å². The average molecular weight is 360 g/mol. The van der Waals surface area contributed by atoms with Gasteiger partial charge in [0.25, 0.3) is 0 Å². The monoisotopic (exact) mass is 360 g/mol. The summed E-state index contributed by atoms with van der Waals surface area (Å²) in [6, 6.07) is 20.5. The highest BCUT2D eigenvalue weighted by Gasteiger charge is 2.22. The van der Waals surface area contributed by atoms with E-state index in [-0.39, 0.29) is 0 Å². The quantitative estimate of drug-likeness (QED) is 0.642. The van der Waals surface area contributed by atoms with E-state index in [1.54, 1.807) is 7.11 Å². The highest BCUT2D eigenvalue weighted by atomic mass is 16.5. The molecule has 4 rings (SSSR count). The summed E-state index contributed by atoms with van der Waals surface area (Å²) in [5.41, 5.74) is 3.64. The molecule has 0 atom stereocenters. The first kappa shape index (κ1) is 17.4. The van der Waals surface area contributed by atoms with E-state index < -0.39 is 0 Å². The van der Waals surface area contributed by atoms with Crippen LogP contribution in [0.4, 0.5) is 5.82 Å². The minimum atomic E-state index is 0.579. The summed E-state index contributed by atoms with van der Waals surface area (Å²) in [5.74, 6) is 2.87. The Bertz CT molecular complexity index is 879. The molecule has 2 heterocycles. The molecule has 0 spiro atoms. The molecule has 0 saturated heterocycles. The Morgan fingerprint density at radius 2 is 1.78 bits per heavy atom. The molecular formula is C23H24N2O2. The molecule has 0 unspecified atom stereocenters. The van der Waals surface area contributed by atoms with E-state index in [0.717, 1.165) is 43.2 Å². The Hall–Kier alpha value is -3.01. The van der Waals surface area contributed by atoms with Crippen LogP contribution in [0.15, 0.2) is 66.9 Å². The second-order valence-corrected chi connectivity index (χ2v) is 6.76. The van der Waals surface area contributed by atoms with Crippen LogP contribution >= 0.6 is 0 Å². The van der Waals surface area contributed by atoms with E-state index in [4.69, 9.17) is 9.47 Å². The number of hydrogen-bond acceptors (Lipinski definition) is 4. The first-order valence-corrected chi connectivity index (χ1v) is 9.36. The van der Waals surface area contributed by atoms with E-state index in [0.29, 0.717) is 6.61 Å². The van der Waals surface area contributed by atoms with Gasteiger partial charge in [-0.2, -0.15) is 0 Å². The molecule has 138 valence electrons. The minimum absolute atomic E-state index is 0.579. The Balaban J connectivity index is 1.52. The molecule has 2 aromatic carbocycles. The number of hydrogen-bond donors (Lipinski definition) is 0. The number of rotatable bonds is 6. The molecule has 1 aliphatic rings. The standard InChI is InChI=1S/C23H24N2O2/c1-26-20-11-9-18(10-12-20)16-25-15-5-8-21-22(13-14-24-23(21)25)27-17-19-6-3-2-4-7-19/h2-4,6-7,9-14H,5,8,15-17H2,1H3. The number of ether oxygens (including phenoxy) is 2. The third-order valence-corrected chi connectivity index (χ3v) is 4.91. The normalized spacial score (nSPS) is 13.1. The lowest BCUT2D eigenvalue weighted by atomic mass is 10.0. The third kappa shape index (κ3) is 4.05. The fourth-order valence-electron chi connectivity index (χ4n) is 3.50. The first-order valence-electron chi connectivity index (χ1n) is 9.36. The smallest absolute Gasteiger partial charge is 0.135 e. The first-order chi connectivity index (χ1) is 13.3. The van der Waals surface area contributed by atoms with E-state index in [9.17, 15) is 0 Å². The van der Waals surface area contributed by atoms with Gasteiger partial charge in [-0.15, -0.1) is 0 Å². The van der Waals surface area contributed by atoms with Crippen LogP contribution in [0.2, 0.25) is 0 Å². The van der Waals surface area contributed by atoms with Crippen molar-refractivity contribution in [2.75, 3.05) is 18.6 Å². The predicted octanol–water partition coefficient (Wildman–Crippen LogP) is 4.62. The lowest BCUT2D eigenvalue weighted by Crippen LogP contribution is -2.30. The SMILES string of the molecule is COc1ccc(CN2CCCc3c(OCc4ccccc4)ccnc32)cc1. The summed E-state index contributed by atoms with van der Waals surface area (Å²) >= 11 is 0. The van der Waals surface area contributed by atoms with Crippen LogP contribution in [0.5, 0.6) is 11.5 Å². The number of aromatic nitrogens is 1. The summed E-state index contributed by atoms with van der Waals surface area (Å²) in [7, 11) is 1.69. The predicted molar refractivity (Wildman–Crippen MR) is 107 cm³/mol. The molecule has 27 heavy (non-hydrogen) atoms. The van der Waals surface area contributed by atoms with Crippen LogP contribution in [0.1, 0.15) is 23.1 Å². The summed E-state index contributed by atoms with van der Waals surface area (Å²) in [6.07, 6.45) is 3.97. The van der Waals surface area contributed by atoms with Gasteiger partial charge < -0.3 is 14.4 Å². The molecule has 3 aromatic rings. The number of fused-ring (bicyclic) bond motifs is 1. The van der Waals surface area contributed by atoms with Crippen LogP contribution in [0, 0.1) is 0 Å². The number of nitrogens with zero attached hydrogens (tertiary/aromatic N) is 2. The summed E-state index contributed by atoms with van der Waals surface area (Å²) in [4.78, 5) is 7.01. The average Bonchev–Trinajstić information content (AvgIpc) is 2.74. The highest BCUT2D eigenvalue weighted by Crippen LogP contribution is 2.33. The lowest BCUT2D eigenvalue weighted by Gasteiger charge is -2.31. The van der Waals surface area contributed by atoms with Crippen molar-refractivity contribution in [2.45, 2.75) is 26.0 Å². The highest BCUT2D eigenvalue weighted by molar-refractivity contribution is 5.56. The maximum atomic E-state index is 6.14. The van der Waals surface area contributed by atoms with Gasteiger partial charge >= 0.3 is 0 Å². The van der Waals surface area contributed by atoms with Gasteiger partial charge in [-0.05, 0) is 42.2 Å². The van der Waals surface area contributed by atoms with E-state index in [1.165, 1.54) is 16.7 Å². The molecule has 4 nitrogen and oxygen atoms in total. The zero-order chi connectivity index (χ0) is 18.5. The van der Waals surface area contributed by atoms with Crippen molar-refractivity contribution in [3.05, 3.63) is 83.6 Å². The van der Waals surface area contributed by atoms with Gasteiger partial charge in [-0.3, -0.25) is 0 Å². The molecule has 0 radical (unpaired) electrons. The molecule has 1 aliphatic heterocycles. The molecule has 0 fully saturated rings. The molecule has 0 amide bonds. The molecule has 0 aliphatic carbocycles. The van der Waals surface area contributed by atoms with Crippen molar-refractivity contribution < 1.29 is 9.47 Å². The van der Waals surface area contributed by atoms with Crippen molar-refractivity contribution in [2.24, 2.45) is 0 Å². The van der Waals surface area contributed by atoms with Crippen LogP contribution in [-0.2, 0) is 19.6 Å². The van der Waals surface area contributed by atoms with Gasteiger partial charge in [0.05, 0.1) is 7.11 Å². The fraction of sp³-hybridized carbons (Fsp3) is 0.261. The zero-order valence-electron chi connectivity index (χ0n) is 15.6. The van der Waals surface area contributed by atoms with Gasteiger partial charge in [-0.25, -0.2) is 4.98 Å². The maximum absolute atomic E-state index is 6.14. The molecule has 0 saturated carbocycles. The number of pyridine rings is 1. The Kier molecular flexibility index (Phi) is 5.24. The van der Waals surface area contributed by atoms with Gasteiger partial charge in [-0.1, -0.05) is 42.5 Å². The van der Waals surface area contributed by atoms with Crippen molar-refractivity contribution in [3.63, 3.8) is 0 Å². The van der Waals surface area contributed by atoms with Gasteiger partial charge in [0.1, 0.15) is 23.9 Å². The largest absolute Gasteiger partial charge is 0.497 e.